The summed E-state index contributed by atoms with van der Waals surface area (Å²) < 4.78 is 31.3. The van der Waals surface area contributed by atoms with Crippen LogP contribution in [-0.2, 0) is 9.84 Å². The number of para-hydroxylation sites is 1. The van der Waals surface area contributed by atoms with Gasteiger partial charge in [-0.2, -0.15) is 0 Å². The molecule has 4 rings (SSSR count). The van der Waals surface area contributed by atoms with Gasteiger partial charge >= 0.3 is 0 Å². The van der Waals surface area contributed by atoms with Crippen molar-refractivity contribution in [2.45, 2.75) is 22.8 Å². The molecule has 0 aromatic heterocycles. The quantitative estimate of drug-likeness (QED) is 0.503. The second-order valence-corrected chi connectivity index (χ2v) is 10.8. The molecule has 1 saturated heterocycles. The third kappa shape index (κ3) is 5.91. The summed E-state index contributed by atoms with van der Waals surface area (Å²) >= 11 is 6.30. The molecule has 0 bridgehead atoms. The van der Waals surface area contributed by atoms with E-state index in [9.17, 15) is 13.5 Å². The molecule has 3 aromatic carbocycles. The molecule has 8 heteroatoms. The Kier molecular flexibility index (Phi) is 7.78. The number of aryl methyl sites for hydroxylation is 1. The van der Waals surface area contributed by atoms with E-state index in [-0.39, 0.29) is 16.4 Å². The van der Waals surface area contributed by atoms with Gasteiger partial charge in [0, 0.05) is 32.7 Å². The summed E-state index contributed by atoms with van der Waals surface area (Å²) in [5.41, 5.74) is 2.05. The number of β-amino-alcohol motifs (C(OH)–C–C–N with tert-alkyl or cyclic N) is 1. The standard InChI is InChI=1S/C26H29ClN2O4S/c1-20-6-10-23(11-7-20)34(31,32)24-12-8-22(9-13-24)33-19-21(30)18-28-14-16-29(17-15-28)26-5-3-2-4-25(26)27/h2-13,21,30H,14-19H2,1H3. The van der Waals surface area contributed by atoms with E-state index in [1.54, 1.807) is 36.4 Å². The smallest absolute Gasteiger partial charge is 0.206 e. The molecule has 1 atom stereocenters. The van der Waals surface area contributed by atoms with Crippen LogP contribution in [0.2, 0.25) is 5.02 Å². The molecule has 0 radical (unpaired) electrons. The zero-order valence-electron chi connectivity index (χ0n) is 19.1. The van der Waals surface area contributed by atoms with Crippen molar-refractivity contribution in [3.05, 3.63) is 83.4 Å². The Morgan fingerprint density at radius 3 is 2.12 bits per heavy atom. The molecule has 34 heavy (non-hydrogen) atoms. The van der Waals surface area contributed by atoms with E-state index in [2.05, 4.69) is 9.80 Å². The molecule has 1 aliphatic rings. The number of nitrogens with zero attached hydrogens (tertiary/aromatic N) is 2. The number of halogens is 1. The second kappa shape index (κ2) is 10.8. The van der Waals surface area contributed by atoms with E-state index >= 15 is 0 Å². The number of aliphatic hydroxyl groups excluding tert-OH is 1. The first kappa shape index (κ1) is 24.5. The maximum Gasteiger partial charge on any atom is 0.206 e. The Morgan fingerprint density at radius 1 is 0.912 bits per heavy atom. The monoisotopic (exact) mass is 500 g/mol. The van der Waals surface area contributed by atoms with Crippen LogP contribution in [0.25, 0.3) is 0 Å². The van der Waals surface area contributed by atoms with Gasteiger partial charge in [-0.1, -0.05) is 41.4 Å². The SMILES string of the molecule is Cc1ccc(S(=O)(=O)c2ccc(OCC(O)CN3CCN(c4ccccc4Cl)CC3)cc2)cc1. The van der Waals surface area contributed by atoms with Crippen molar-refractivity contribution in [2.75, 3.05) is 44.2 Å². The van der Waals surface area contributed by atoms with E-state index in [4.69, 9.17) is 16.3 Å². The van der Waals surface area contributed by atoms with Crippen molar-refractivity contribution in [2.24, 2.45) is 0 Å². The summed E-state index contributed by atoms with van der Waals surface area (Å²) in [6.45, 7) is 5.90. The van der Waals surface area contributed by atoms with Gasteiger partial charge in [0.15, 0.2) is 0 Å². The van der Waals surface area contributed by atoms with Crippen LogP contribution in [-0.4, -0.2) is 63.9 Å². The van der Waals surface area contributed by atoms with Crippen molar-refractivity contribution in [1.29, 1.82) is 0 Å². The normalized spacial score (nSPS) is 15.8. The topological polar surface area (TPSA) is 70.1 Å². The first-order chi connectivity index (χ1) is 16.3. The zero-order chi connectivity index (χ0) is 24.1. The number of anilines is 1. The minimum absolute atomic E-state index is 0.134. The summed E-state index contributed by atoms with van der Waals surface area (Å²) in [5, 5.41) is 11.2. The fourth-order valence-electron chi connectivity index (χ4n) is 3.99. The Bertz CT molecular complexity index is 1190. The van der Waals surface area contributed by atoms with E-state index in [0.717, 1.165) is 42.5 Å². The summed E-state index contributed by atoms with van der Waals surface area (Å²) in [6.07, 6.45) is -0.650. The molecule has 3 aromatic rings. The molecule has 0 saturated carbocycles. The van der Waals surface area contributed by atoms with Gasteiger partial charge in [-0.25, -0.2) is 8.42 Å². The van der Waals surface area contributed by atoms with Gasteiger partial charge in [-0.05, 0) is 55.5 Å². The average Bonchev–Trinajstić information content (AvgIpc) is 2.84. The number of aliphatic hydroxyl groups is 1. The van der Waals surface area contributed by atoms with E-state index in [1.807, 2.05) is 31.2 Å². The molecule has 6 nitrogen and oxygen atoms in total. The third-order valence-corrected chi connectivity index (χ3v) is 8.05. The van der Waals surface area contributed by atoms with Crippen LogP contribution in [0.15, 0.2) is 82.6 Å². The van der Waals surface area contributed by atoms with Crippen LogP contribution in [0.1, 0.15) is 5.56 Å². The van der Waals surface area contributed by atoms with Gasteiger partial charge in [0.2, 0.25) is 9.84 Å². The van der Waals surface area contributed by atoms with Gasteiger partial charge < -0.3 is 14.7 Å². The molecule has 1 fully saturated rings. The highest BCUT2D eigenvalue weighted by molar-refractivity contribution is 7.91. The van der Waals surface area contributed by atoms with Crippen molar-refractivity contribution >= 4 is 27.1 Å². The van der Waals surface area contributed by atoms with Crippen molar-refractivity contribution < 1.29 is 18.3 Å². The van der Waals surface area contributed by atoms with E-state index in [0.29, 0.717) is 12.3 Å². The highest BCUT2D eigenvalue weighted by Crippen LogP contribution is 2.26. The lowest BCUT2D eigenvalue weighted by atomic mass is 10.2. The van der Waals surface area contributed by atoms with Crippen LogP contribution in [0.3, 0.4) is 0 Å². The number of hydrogen-bond donors (Lipinski definition) is 1. The molecule has 1 heterocycles. The minimum Gasteiger partial charge on any atom is -0.491 e. The van der Waals surface area contributed by atoms with Crippen molar-refractivity contribution in [3.63, 3.8) is 0 Å². The van der Waals surface area contributed by atoms with Gasteiger partial charge in [0.05, 0.1) is 20.5 Å². The zero-order valence-corrected chi connectivity index (χ0v) is 20.7. The Balaban J connectivity index is 1.25. The molecule has 0 aliphatic carbocycles. The highest BCUT2D eigenvalue weighted by atomic mass is 35.5. The minimum atomic E-state index is -3.57. The number of ether oxygens (including phenoxy) is 1. The van der Waals surface area contributed by atoms with Crippen LogP contribution < -0.4 is 9.64 Å². The van der Waals surface area contributed by atoms with Gasteiger partial charge in [-0.15, -0.1) is 0 Å². The van der Waals surface area contributed by atoms with Gasteiger partial charge in [0.1, 0.15) is 18.5 Å². The largest absolute Gasteiger partial charge is 0.491 e. The predicted octanol–water partition coefficient (Wildman–Crippen LogP) is 4.04. The Hall–Kier alpha value is -2.58. The van der Waals surface area contributed by atoms with E-state index < -0.39 is 15.9 Å². The molecule has 0 spiro atoms. The van der Waals surface area contributed by atoms with Crippen LogP contribution in [0.4, 0.5) is 5.69 Å². The van der Waals surface area contributed by atoms with Gasteiger partial charge in [-0.3, -0.25) is 4.90 Å². The van der Waals surface area contributed by atoms with Gasteiger partial charge in [0.25, 0.3) is 0 Å². The lowest BCUT2D eigenvalue weighted by Gasteiger charge is -2.37. The second-order valence-electron chi connectivity index (χ2n) is 8.49. The molecule has 1 N–H and O–H groups in total. The first-order valence-corrected chi connectivity index (χ1v) is 13.1. The maximum absolute atomic E-state index is 12.8. The summed E-state index contributed by atoms with van der Waals surface area (Å²) in [4.78, 5) is 4.93. The molecular weight excluding hydrogens is 472 g/mol. The summed E-state index contributed by atoms with van der Waals surface area (Å²) in [7, 11) is -3.57. The fourth-order valence-corrected chi connectivity index (χ4v) is 5.51. The summed E-state index contributed by atoms with van der Waals surface area (Å²) in [5.74, 6) is 0.519. The highest BCUT2D eigenvalue weighted by Gasteiger charge is 2.21. The number of rotatable bonds is 8. The predicted molar refractivity (Wildman–Crippen MR) is 135 cm³/mol. The molecule has 1 unspecified atom stereocenters. The number of sulfone groups is 1. The average molecular weight is 501 g/mol. The summed E-state index contributed by atoms with van der Waals surface area (Å²) in [6, 6.07) is 20.9. The fraction of sp³-hybridized carbons (Fsp3) is 0.308. The lowest BCUT2D eigenvalue weighted by molar-refractivity contribution is 0.0663. The number of piperazine rings is 1. The Labute approximate surface area is 206 Å². The number of hydrogen-bond acceptors (Lipinski definition) is 6. The number of benzene rings is 3. The Morgan fingerprint density at radius 2 is 1.50 bits per heavy atom. The third-order valence-electron chi connectivity index (χ3n) is 5.94. The van der Waals surface area contributed by atoms with Crippen molar-refractivity contribution in [3.8, 4) is 5.75 Å². The van der Waals surface area contributed by atoms with Crippen LogP contribution >= 0.6 is 11.6 Å². The van der Waals surface area contributed by atoms with Crippen LogP contribution in [0.5, 0.6) is 5.75 Å². The van der Waals surface area contributed by atoms with Crippen LogP contribution in [0, 0.1) is 6.92 Å². The maximum atomic E-state index is 12.8. The molecule has 180 valence electrons. The lowest BCUT2D eigenvalue weighted by Crippen LogP contribution is -2.49. The van der Waals surface area contributed by atoms with E-state index in [1.165, 1.54) is 12.1 Å². The molecule has 1 aliphatic heterocycles. The van der Waals surface area contributed by atoms with Crippen molar-refractivity contribution in [1.82, 2.24) is 4.90 Å². The molecule has 0 amide bonds. The first-order valence-electron chi connectivity index (χ1n) is 11.3. The molecular formula is C26H29ClN2O4S.